The molecule has 0 radical (unpaired) electrons. The summed E-state index contributed by atoms with van der Waals surface area (Å²) in [6.07, 6.45) is 12.3. The molecule has 1 aliphatic carbocycles. The van der Waals surface area contributed by atoms with Gasteiger partial charge in [-0.1, -0.05) is 19.4 Å². The molecule has 2 rings (SSSR count). The first kappa shape index (κ1) is 12.1. The molecule has 1 heterocycles. The smallest absolute Gasteiger partial charge is 0.191 e. The second-order valence-corrected chi connectivity index (χ2v) is 4.65. The first-order valence-corrected chi connectivity index (χ1v) is 6.57. The normalized spacial score (nSPS) is 16.4. The zero-order valence-electron chi connectivity index (χ0n) is 10.5. The average Bonchev–Trinajstić information content (AvgIpc) is 2.64. The molecule has 1 aromatic heterocycles. The van der Waals surface area contributed by atoms with Gasteiger partial charge >= 0.3 is 0 Å². The summed E-state index contributed by atoms with van der Waals surface area (Å²) in [4.78, 5) is 12.2. The van der Waals surface area contributed by atoms with Crippen molar-refractivity contribution < 1.29 is 4.79 Å². The Hall–Kier alpha value is -1.38. The van der Waals surface area contributed by atoms with E-state index >= 15 is 0 Å². The van der Waals surface area contributed by atoms with Crippen LogP contribution in [0, 0.1) is 0 Å². The number of hydrogen-bond donors (Lipinski definition) is 0. The van der Waals surface area contributed by atoms with Gasteiger partial charge in [-0.3, -0.25) is 9.48 Å². The van der Waals surface area contributed by atoms with Gasteiger partial charge in [-0.15, -0.1) is 0 Å². The van der Waals surface area contributed by atoms with E-state index in [0.29, 0.717) is 0 Å². The Bertz CT molecular complexity index is 418. The van der Waals surface area contributed by atoms with E-state index in [4.69, 9.17) is 0 Å². The van der Waals surface area contributed by atoms with Crippen molar-refractivity contribution in [3.8, 4) is 0 Å². The largest absolute Gasteiger partial charge is 0.289 e. The molecular weight excluding hydrogens is 212 g/mol. The summed E-state index contributed by atoms with van der Waals surface area (Å²) in [6.45, 7) is 2.99. The minimum Gasteiger partial charge on any atom is -0.289 e. The third-order valence-corrected chi connectivity index (χ3v) is 3.18. The van der Waals surface area contributed by atoms with E-state index < -0.39 is 0 Å². The third kappa shape index (κ3) is 3.05. The van der Waals surface area contributed by atoms with Crippen LogP contribution >= 0.6 is 0 Å². The van der Waals surface area contributed by atoms with Gasteiger partial charge in [0.2, 0.25) is 0 Å². The molecule has 0 fully saturated rings. The number of rotatable bonds is 4. The van der Waals surface area contributed by atoms with Gasteiger partial charge in [0, 0.05) is 12.7 Å². The van der Waals surface area contributed by atoms with Crippen LogP contribution in [0.1, 0.15) is 55.8 Å². The molecule has 0 spiro atoms. The zero-order chi connectivity index (χ0) is 12.1. The zero-order valence-corrected chi connectivity index (χ0v) is 10.5. The number of aryl methyl sites for hydroxylation is 1. The lowest BCUT2D eigenvalue weighted by Crippen LogP contribution is -2.02. The minimum atomic E-state index is 0.175. The van der Waals surface area contributed by atoms with E-state index in [9.17, 15) is 4.79 Å². The highest BCUT2D eigenvalue weighted by molar-refractivity contribution is 6.08. The molecule has 0 saturated heterocycles. The molecule has 0 unspecified atom stereocenters. The first-order chi connectivity index (χ1) is 8.31. The molecule has 0 N–H and O–H groups in total. The molecule has 92 valence electrons. The molecule has 3 heteroatoms. The Balaban J connectivity index is 2.09. The Labute approximate surface area is 103 Å². The van der Waals surface area contributed by atoms with Crippen LogP contribution in [0.3, 0.4) is 0 Å². The number of hydrogen-bond acceptors (Lipinski definition) is 2. The van der Waals surface area contributed by atoms with Gasteiger partial charge < -0.3 is 0 Å². The highest BCUT2D eigenvalue weighted by Gasteiger charge is 2.15. The van der Waals surface area contributed by atoms with E-state index in [1.165, 1.54) is 12.8 Å². The lowest BCUT2D eigenvalue weighted by atomic mass is 10.0. The van der Waals surface area contributed by atoms with Gasteiger partial charge in [0.1, 0.15) is 0 Å². The van der Waals surface area contributed by atoms with Crippen molar-refractivity contribution in [3.63, 3.8) is 0 Å². The maximum absolute atomic E-state index is 12.2. The molecule has 0 aromatic carbocycles. The highest BCUT2D eigenvalue weighted by Crippen LogP contribution is 2.20. The summed E-state index contributed by atoms with van der Waals surface area (Å²) in [5.41, 5.74) is 1.73. The predicted molar refractivity (Wildman–Crippen MR) is 68.0 cm³/mol. The third-order valence-electron chi connectivity index (χ3n) is 3.18. The van der Waals surface area contributed by atoms with Crippen molar-refractivity contribution in [1.82, 2.24) is 9.78 Å². The van der Waals surface area contributed by atoms with Crippen LogP contribution in [0.5, 0.6) is 0 Å². The Morgan fingerprint density at radius 3 is 3.12 bits per heavy atom. The van der Waals surface area contributed by atoms with Crippen molar-refractivity contribution in [1.29, 1.82) is 0 Å². The maximum Gasteiger partial charge on any atom is 0.191 e. The maximum atomic E-state index is 12.2. The quantitative estimate of drug-likeness (QED) is 0.746. The second kappa shape index (κ2) is 5.80. The molecule has 1 aromatic rings. The molecule has 0 amide bonds. The Kier molecular flexibility index (Phi) is 4.13. The summed E-state index contributed by atoms with van der Waals surface area (Å²) >= 11 is 0. The standard InChI is InChI=1S/C14H20N2O/c1-2-9-16-11-13(10-15-16)14(17)12-7-5-3-4-6-8-12/h7,10-11H,2-6,8-9H2,1H3. The fraction of sp³-hybridized carbons (Fsp3) is 0.571. The monoisotopic (exact) mass is 232 g/mol. The van der Waals surface area contributed by atoms with Gasteiger partial charge in [-0.2, -0.15) is 5.10 Å². The number of allylic oxidation sites excluding steroid dienone is 2. The van der Waals surface area contributed by atoms with Crippen molar-refractivity contribution >= 4 is 5.78 Å². The number of Topliss-reactive ketones (excluding diaryl/α,β-unsaturated/α-hetero) is 1. The average molecular weight is 232 g/mol. The number of carbonyl (C=O) groups is 1. The second-order valence-electron chi connectivity index (χ2n) is 4.65. The van der Waals surface area contributed by atoms with Crippen LogP contribution in [0.4, 0.5) is 0 Å². The molecule has 3 nitrogen and oxygen atoms in total. The fourth-order valence-electron chi connectivity index (χ4n) is 2.24. The molecule has 1 aliphatic rings. The topological polar surface area (TPSA) is 34.9 Å². The van der Waals surface area contributed by atoms with E-state index in [1.54, 1.807) is 6.20 Å². The van der Waals surface area contributed by atoms with Crippen molar-refractivity contribution in [2.75, 3.05) is 0 Å². The molecule has 0 bridgehead atoms. The number of nitrogens with zero attached hydrogens (tertiary/aromatic N) is 2. The van der Waals surface area contributed by atoms with Gasteiger partial charge in [0.05, 0.1) is 11.8 Å². The van der Waals surface area contributed by atoms with Gasteiger partial charge in [-0.25, -0.2) is 0 Å². The van der Waals surface area contributed by atoms with Crippen molar-refractivity contribution in [2.45, 2.75) is 52.0 Å². The van der Waals surface area contributed by atoms with Gasteiger partial charge in [0.15, 0.2) is 5.78 Å². The molecule has 0 atom stereocenters. The van der Waals surface area contributed by atoms with E-state index in [1.807, 2.05) is 10.9 Å². The molecule has 0 aliphatic heterocycles. The van der Waals surface area contributed by atoms with E-state index in [0.717, 1.165) is 43.4 Å². The SMILES string of the molecule is CCCn1cc(C(=O)C2=CCCCCC2)cn1. The predicted octanol–water partition coefficient (Wildman–Crippen LogP) is 3.37. The summed E-state index contributed by atoms with van der Waals surface area (Å²) in [5.74, 6) is 0.175. The van der Waals surface area contributed by atoms with Crippen LogP contribution in [0.15, 0.2) is 24.0 Å². The molecule has 0 saturated carbocycles. The van der Waals surface area contributed by atoms with Crippen LogP contribution in [0.2, 0.25) is 0 Å². The van der Waals surface area contributed by atoms with E-state index in [-0.39, 0.29) is 5.78 Å². The lowest BCUT2D eigenvalue weighted by molar-refractivity contribution is 0.103. The summed E-state index contributed by atoms with van der Waals surface area (Å²) < 4.78 is 1.85. The van der Waals surface area contributed by atoms with Crippen molar-refractivity contribution in [2.24, 2.45) is 0 Å². The van der Waals surface area contributed by atoms with Gasteiger partial charge in [0.25, 0.3) is 0 Å². The van der Waals surface area contributed by atoms with E-state index in [2.05, 4.69) is 18.1 Å². The van der Waals surface area contributed by atoms with Gasteiger partial charge in [-0.05, 0) is 37.7 Å². The summed E-state index contributed by atoms with van der Waals surface area (Å²) in [6, 6.07) is 0. The molecule has 17 heavy (non-hydrogen) atoms. The Morgan fingerprint density at radius 2 is 2.29 bits per heavy atom. The lowest BCUT2D eigenvalue weighted by Gasteiger charge is -2.01. The van der Waals surface area contributed by atoms with Crippen LogP contribution in [-0.4, -0.2) is 15.6 Å². The summed E-state index contributed by atoms with van der Waals surface area (Å²) in [7, 11) is 0. The Morgan fingerprint density at radius 1 is 1.41 bits per heavy atom. The number of aromatic nitrogens is 2. The van der Waals surface area contributed by atoms with Crippen LogP contribution < -0.4 is 0 Å². The summed E-state index contributed by atoms with van der Waals surface area (Å²) in [5, 5.41) is 4.21. The number of ketones is 1. The fourth-order valence-corrected chi connectivity index (χ4v) is 2.24. The first-order valence-electron chi connectivity index (χ1n) is 6.57. The minimum absolute atomic E-state index is 0.175. The number of carbonyl (C=O) groups excluding carboxylic acids is 1. The van der Waals surface area contributed by atoms with Crippen LogP contribution in [-0.2, 0) is 6.54 Å². The van der Waals surface area contributed by atoms with Crippen molar-refractivity contribution in [3.05, 3.63) is 29.6 Å². The highest BCUT2D eigenvalue weighted by atomic mass is 16.1. The molecular formula is C14H20N2O. The van der Waals surface area contributed by atoms with Crippen LogP contribution in [0.25, 0.3) is 0 Å².